The van der Waals surface area contributed by atoms with Crippen LogP contribution in [-0.2, 0) is 15.1 Å². The Hall–Kier alpha value is -1.24. The molecule has 2 rings (SSSR count). The van der Waals surface area contributed by atoms with Crippen molar-refractivity contribution in [1.82, 2.24) is 5.32 Å². The van der Waals surface area contributed by atoms with Crippen LogP contribution in [0.25, 0.3) is 0 Å². The average Bonchev–Trinajstić information content (AvgIpc) is 2.90. The van der Waals surface area contributed by atoms with Crippen LogP contribution in [0.1, 0.15) is 32.3 Å². The smallest absolute Gasteiger partial charge is 0.249 e. The van der Waals surface area contributed by atoms with Crippen molar-refractivity contribution in [2.75, 3.05) is 6.54 Å². The van der Waals surface area contributed by atoms with Gasteiger partial charge in [0.1, 0.15) is 6.10 Å². The van der Waals surface area contributed by atoms with E-state index in [1.54, 1.807) is 13.8 Å². The molecule has 0 saturated carbocycles. The standard InChI is InChI=1S/C15H20F2N2O2.ClH/c1-15(2,9-3-5-11(16)12(17)7-9)19-14(20)13-6-4-10(8-18)21-13;/h3,5,7,10,13H,4,6,8,18H2,1-2H3,(H,19,20);1H/t10-,13+;/m1./s1. The van der Waals surface area contributed by atoms with Gasteiger partial charge in [0.2, 0.25) is 5.91 Å². The molecule has 0 radical (unpaired) electrons. The van der Waals surface area contributed by atoms with Crippen LogP contribution in [0, 0.1) is 11.6 Å². The molecule has 7 heteroatoms. The van der Waals surface area contributed by atoms with Crippen molar-refractivity contribution >= 4 is 18.3 Å². The topological polar surface area (TPSA) is 64.4 Å². The number of nitrogens with one attached hydrogen (secondary N) is 1. The lowest BCUT2D eigenvalue weighted by atomic mass is 9.93. The van der Waals surface area contributed by atoms with Gasteiger partial charge in [-0.3, -0.25) is 4.79 Å². The first-order valence-corrected chi connectivity index (χ1v) is 6.96. The zero-order valence-corrected chi connectivity index (χ0v) is 13.4. The van der Waals surface area contributed by atoms with E-state index in [0.717, 1.165) is 18.6 Å². The maximum absolute atomic E-state index is 13.3. The Morgan fingerprint density at radius 2 is 2.05 bits per heavy atom. The molecule has 1 aliphatic heterocycles. The van der Waals surface area contributed by atoms with E-state index in [9.17, 15) is 13.6 Å². The Morgan fingerprint density at radius 1 is 1.36 bits per heavy atom. The number of hydrogen-bond acceptors (Lipinski definition) is 3. The third kappa shape index (κ3) is 4.15. The van der Waals surface area contributed by atoms with Gasteiger partial charge in [0, 0.05) is 6.54 Å². The largest absolute Gasteiger partial charge is 0.364 e. The van der Waals surface area contributed by atoms with Crippen LogP contribution in [0.4, 0.5) is 8.78 Å². The van der Waals surface area contributed by atoms with E-state index in [0.29, 0.717) is 18.5 Å². The van der Waals surface area contributed by atoms with Gasteiger partial charge in [0.15, 0.2) is 11.6 Å². The fourth-order valence-electron chi connectivity index (χ4n) is 2.42. The molecule has 0 bridgehead atoms. The summed E-state index contributed by atoms with van der Waals surface area (Å²) in [7, 11) is 0. The van der Waals surface area contributed by atoms with E-state index in [2.05, 4.69) is 5.32 Å². The van der Waals surface area contributed by atoms with Gasteiger partial charge in [-0.2, -0.15) is 0 Å². The molecule has 3 N–H and O–H groups in total. The molecule has 1 heterocycles. The fourth-order valence-corrected chi connectivity index (χ4v) is 2.42. The zero-order chi connectivity index (χ0) is 15.6. The van der Waals surface area contributed by atoms with Gasteiger partial charge in [0.25, 0.3) is 0 Å². The lowest BCUT2D eigenvalue weighted by Gasteiger charge is -2.28. The van der Waals surface area contributed by atoms with Crippen molar-refractivity contribution in [2.45, 2.75) is 44.4 Å². The molecule has 0 aromatic heterocycles. The van der Waals surface area contributed by atoms with Crippen LogP contribution in [0.15, 0.2) is 18.2 Å². The molecule has 1 aromatic rings. The van der Waals surface area contributed by atoms with E-state index in [1.807, 2.05) is 0 Å². The molecular formula is C15H21ClF2N2O2. The molecule has 1 fully saturated rings. The first-order valence-electron chi connectivity index (χ1n) is 6.96. The van der Waals surface area contributed by atoms with Crippen molar-refractivity contribution in [3.8, 4) is 0 Å². The number of rotatable bonds is 4. The van der Waals surface area contributed by atoms with Crippen LogP contribution in [0.5, 0.6) is 0 Å². The van der Waals surface area contributed by atoms with E-state index in [4.69, 9.17) is 10.5 Å². The van der Waals surface area contributed by atoms with Crippen LogP contribution < -0.4 is 11.1 Å². The summed E-state index contributed by atoms with van der Waals surface area (Å²) in [6.07, 6.45) is 0.733. The molecule has 1 amide bonds. The fraction of sp³-hybridized carbons (Fsp3) is 0.533. The Balaban J connectivity index is 0.00000242. The van der Waals surface area contributed by atoms with Gasteiger partial charge in [-0.1, -0.05) is 6.07 Å². The van der Waals surface area contributed by atoms with Gasteiger partial charge in [-0.05, 0) is 44.4 Å². The predicted octanol–water partition coefficient (Wildman–Crippen LogP) is 2.24. The molecule has 1 aliphatic rings. The Kier molecular flexibility index (Phi) is 6.28. The summed E-state index contributed by atoms with van der Waals surface area (Å²) in [5.74, 6) is -2.11. The summed E-state index contributed by atoms with van der Waals surface area (Å²) in [5, 5.41) is 2.81. The van der Waals surface area contributed by atoms with Gasteiger partial charge in [-0.25, -0.2) is 8.78 Å². The molecule has 22 heavy (non-hydrogen) atoms. The number of ether oxygens (including phenoxy) is 1. The van der Waals surface area contributed by atoms with Gasteiger partial charge >= 0.3 is 0 Å². The molecule has 0 spiro atoms. The number of amides is 1. The number of nitrogens with two attached hydrogens (primary N) is 1. The lowest BCUT2D eigenvalue weighted by Crippen LogP contribution is -2.46. The average molecular weight is 335 g/mol. The number of carbonyl (C=O) groups is 1. The minimum atomic E-state index is -0.935. The molecule has 1 aromatic carbocycles. The highest BCUT2D eigenvalue weighted by atomic mass is 35.5. The van der Waals surface area contributed by atoms with Gasteiger partial charge in [-0.15, -0.1) is 12.4 Å². The van der Waals surface area contributed by atoms with Gasteiger partial charge in [0.05, 0.1) is 11.6 Å². The molecule has 0 aliphatic carbocycles. The summed E-state index contributed by atoms with van der Waals surface area (Å²) in [4.78, 5) is 12.2. The Bertz CT molecular complexity index is 540. The van der Waals surface area contributed by atoms with Gasteiger partial charge < -0.3 is 15.8 Å². The van der Waals surface area contributed by atoms with Crippen molar-refractivity contribution in [2.24, 2.45) is 5.73 Å². The number of benzene rings is 1. The Morgan fingerprint density at radius 3 is 2.59 bits per heavy atom. The first-order chi connectivity index (χ1) is 9.83. The van der Waals surface area contributed by atoms with Crippen LogP contribution in [-0.4, -0.2) is 24.7 Å². The maximum Gasteiger partial charge on any atom is 0.249 e. The highest BCUT2D eigenvalue weighted by Gasteiger charge is 2.33. The third-order valence-electron chi connectivity index (χ3n) is 3.74. The number of hydrogen-bond donors (Lipinski definition) is 2. The molecular weight excluding hydrogens is 314 g/mol. The van der Waals surface area contributed by atoms with Crippen molar-refractivity contribution in [1.29, 1.82) is 0 Å². The minimum absolute atomic E-state index is 0. The van der Waals surface area contributed by atoms with Crippen molar-refractivity contribution < 1.29 is 18.3 Å². The Labute approximate surface area is 134 Å². The second kappa shape index (κ2) is 7.35. The molecule has 1 saturated heterocycles. The molecule has 124 valence electrons. The maximum atomic E-state index is 13.3. The quantitative estimate of drug-likeness (QED) is 0.887. The highest BCUT2D eigenvalue weighted by molar-refractivity contribution is 5.85. The van der Waals surface area contributed by atoms with Crippen molar-refractivity contribution in [3.63, 3.8) is 0 Å². The first kappa shape index (κ1) is 18.8. The normalized spacial score (nSPS) is 21.3. The number of halogens is 3. The highest BCUT2D eigenvalue weighted by Crippen LogP contribution is 2.24. The predicted molar refractivity (Wildman–Crippen MR) is 81.7 cm³/mol. The molecule has 2 atom stereocenters. The third-order valence-corrected chi connectivity index (χ3v) is 3.74. The summed E-state index contributed by atoms with van der Waals surface area (Å²) < 4.78 is 31.8. The molecule has 4 nitrogen and oxygen atoms in total. The van der Waals surface area contributed by atoms with E-state index >= 15 is 0 Å². The van der Waals surface area contributed by atoms with Crippen LogP contribution >= 0.6 is 12.4 Å². The van der Waals surface area contributed by atoms with E-state index in [-0.39, 0.29) is 24.4 Å². The zero-order valence-electron chi connectivity index (χ0n) is 12.6. The second-order valence-corrected chi connectivity index (χ2v) is 5.80. The minimum Gasteiger partial charge on any atom is -0.364 e. The van der Waals surface area contributed by atoms with Crippen LogP contribution in [0.3, 0.4) is 0 Å². The monoisotopic (exact) mass is 334 g/mol. The lowest BCUT2D eigenvalue weighted by molar-refractivity contribution is -0.133. The van der Waals surface area contributed by atoms with Crippen molar-refractivity contribution in [3.05, 3.63) is 35.4 Å². The SMILES string of the molecule is CC(C)(NC(=O)[C@@H]1CC[C@H](CN)O1)c1ccc(F)c(F)c1.Cl. The summed E-state index contributed by atoms with van der Waals surface area (Å²) in [6.45, 7) is 3.84. The van der Waals surface area contributed by atoms with E-state index < -0.39 is 23.3 Å². The summed E-state index contributed by atoms with van der Waals surface area (Å²) in [5.41, 5.74) is 5.18. The summed E-state index contributed by atoms with van der Waals surface area (Å²) in [6, 6.07) is 3.60. The second-order valence-electron chi connectivity index (χ2n) is 5.80. The number of carbonyl (C=O) groups excluding carboxylic acids is 1. The van der Waals surface area contributed by atoms with E-state index in [1.165, 1.54) is 6.07 Å². The molecule has 0 unspecified atom stereocenters. The van der Waals surface area contributed by atoms with Crippen LogP contribution in [0.2, 0.25) is 0 Å². The summed E-state index contributed by atoms with van der Waals surface area (Å²) >= 11 is 0.